The first-order chi connectivity index (χ1) is 5.38. The van der Waals surface area contributed by atoms with Crippen LogP contribution in [0.4, 0.5) is 0 Å². The molecule has 0 spiro atoms. The van der Waals surface area contributed by atoms with Crippen molar-refractivity contribution < 1.29 is 9.90 Å². The Hall–Kier alpha value is -0.570. The van der Waals surface area contributed by atoms with Crippen LogP contribution >= 0.6 is 0 Å². The molecule has 1 aliphatic carbocycles. The predicted octanol–water partition coefficient (Wildman–Crippen LogP) is 0.283. The SMILES string of the molecule is O=CNC1CCCCC1CO. The molecule has 1 aliphatic rings. The van der Waals surface area contributed by atoms with Gasteiger partial charge >= 0.3 is 0 Å². The molecular weight excluding hydrogens is 142 g/mol. The Labute approximate surface area is 66.8 Å². The lowest BCUT2D eigenvalue weighted by atomic mass is 9.85. The summed E-state index contributed by atoms with van der Waals surface area (Å²) in [5, 5.41) is 11.7. The van der Waals surface area contributed by atoms with Crippen LogP contribution < -0.4 is 5.32 Å². The van der Waals surface area contributed by atoms with Gasteiger partial charge in [0.25, 0.3) is 0 Å². The van der Waals surface area contributed by atoms with Crippen LogP contribution in [0.25, 0.3) is 0 Å². The van der Waals surface area contributed by atoms with E-state index in [9.17, 15) is 4.79 Å². The first-order valence-corrected chi connectivity index (χ1v) is 4.19. The maximum atomic E-state index is 10.1. The number of rotatable bonds is 3. The Bertz CT molecular complexity index is 127. The van der Waals surface area contributed by atoms with Crippen LogP contribution in [0.1, 0.15) is 25.7 Å². The average Bonchev–Trinajstić information content (AvgIpc) is 2.06. The van der Waals surface area contributed by atoms with Crippen molar-refractivity contribution >= 4 is 6.41 Å². The number of nitrogens with one attached hydrogen (secondary N) is 1. The zero-order valence-corrected chi connectivity index (χ0v) is 6.62. The quantitative estimate of drug-likeness (QED) is 0.578. The molecule has 0 heterocycles. The lowest BCUT2D eigenvalue weighted by Gasteiger charge is -2.29. The highest BCUT2D eigenvalue weighted by Crippen LogP contribution is 2.23. The minimum atomic E-state index is 0.200. The highest BCUT2D eigenvalue weighted by Gasteiger charge is 2.23. The summed E-state index contributed by atoms with van der Waals surface area (Å²) in [6, 6.07) is 0.214. The van der Waals surface area contributed by atoms with Gasteiger partial charge in [-0.3, -0.25) is 4.79 Å². The molecule has 0 saturated heterocycles. The van der Waals surface area contributed by atoms with Crippen LogP contribution in [-0.2, 0) is 4.79 Å². The van der Waals surface area contributed by atoms with Crippen molar-refractivity contribution in [3.8, 4) is 0 Å². The number of hydrogen-bond acceptors (Lipinski definition) is 2. The molecule has 2 unspecified atom stereocenters. The van der Waals surface area contributed by atoms with Crippen molar-refractivity contribution in [2.45, 2.75) is 31.7 Å². The molecule has 0 bridgehead atoms. The Morgan fingerprint density at radius 2 is 2.18 bits per heavy atom. The maximum absolute atomic E-state index is 10.1. The fraction of sp³-hybridized carbons (Fsp3) is 0.875. The van der Waals surface area contributed by atoms with Crippen LogP contribution in [0, 0.1) is 5.92 Å². The molecular formula is C8H15NO2. The molecule has 0 aromatic rings. The summed E-state index contributed by atoms with van der Waals surface area (Å²) >= 11 is 0. The first kappa shape index (κ1) is 8.53. The van der Waals surface area contributed by atoms with E-state index in [0.29, 0.717) is 0 Å². The summed E-state index contributed by atoms with van der Waals surface area (Å²) in [4.78, 5) is 10.1. The van der Waals surface area contributed by atoms with E-state index in [4.69, 9.17) is 5.11 Å². The number of carbonyl (C=O) groups is 1. The molecule has 1 saturated carbocycles. The van der Waals surface area contributed by atoms with Gasteiger partial charge in [-0.15, -0.1) is 0 Å². The number of hydrogen-bond donors (Lipinski definition) is 2. The molecule has 2 N–H and O–H groups in total. The van der Waals surface area contributed by atoms with Gasteiger partial charge in [0.1, 0.15) is 0 Å². The topological polar surface area (TPSA) is 49.3 Å². The average molecular weight is 157 g/mol. The summed E-state index contributed by atoms with van der Waals surface area (Å²) < 4.78 is 0. The minimum absolute atomic E-state index is 0.200. The maximum Gasteiger partial charge on any atom is 0.207 e. The molecule has 3 heteroatoms. The van der Waals surface area contributed by atoms with Crippen molar-refractivity contribution in [3.05, 3.63) is 0 Å². The van der Waals surface area contributed by atoms with E-state index in [1.807, 2.05) is 0 Å². The number of amides is 1. The van der Waals surface area contributed by atoms with E-state index in [1.54, 1.807) is 0 Å². The molecule has 2 atom stereocenters. The van der Waals surface area contributed by atoms with Gasteiger partial charge < -0.3 is 10.4 Å². The van der Waals surface area contributed by atoms with E-state index >= 15 is 0 Å². The van der Waals surface area contributed by atoms with Crippen molar-refractivity contribution in [1.82, 2.24) is 5.32 Å². The van der Waals surface area contributed by atoms with E-state index in [2.05, 4.69) is 5.32 Å². The molecule has 0 aromatic heterocycles. The van der Waals surface area contributed by atoms with Crippen LogP contribution in [0.2, 0.25) is 0 Å². The van der Waals surface area contributed by atoms with Crippen LogP contribution in [-0.4, -0.2) is 24.2 Å². The Morgan fingerprint density at radius 3 is 2.82 bits per heavy atom. The summed E-state index contributed by atoms with van der Waals surface area (Å²) in [5.41, 5.74) is 0. The lowest BCUT2D eigenvalue weighted by molar-refractivity contribution is -0.110. The highest BCUT2D eigenvalue weighted by molar-refractivity contribution is 5.46. The third-order valence-corrected chi connectivity index (χ3v) is 2.43. The Morgan fingerprint density at radius 1 is 1.45 bits per heavy atom. The van der Waals surface area contributed by atoms with Gasteiger partial charge in [-0.05, 0) is 12.8 Å². The van der Waals surface area contributed by atoms with Crippen LogP contribution in [0.3, 0.4) is 0 Å². The monoisotopic (exact) mass is 157 g/mol. The molecule has 1 fully saturated rings. The standard InChI is InChI=1S/C8H15NO2/c10-5-7-3-1-2-4-8(7)9-6-11/h6-8,10H,1-5H2,(H,9,11). The van der Waals surface area contributed by atoms with E-state index in [0.717, 1.165) is 19.3 Å². The van der Waals surface area contributed by atoms with Crippen LogP contribution in [0.15, 0.2) is 0 Å². The van der Waals surface area contributed by atoms with Gasteiger partial charge in [0, 0.05) is 18.6 Å². The fourth-order valence-corrected chi connectivity index (χ4v) is 1.73. The van der Waals surface area contributed by atoms with Gasteiger partial charge in [-0.25, -0.2) is 0 Å². The number of aliphatic hydroxyl groups is 1. The molecule has 64 valence electrons. The normalized spacial score (nSPS) is 31.4. The molecule has 0 aliphatic heterocycles. The molecule has 11 heavy (non-hydrogen) atoms. The molecule has 0 aromatic carbocycles. The second-order valence-corrected chi connectivity index (χ2v) is 3.12. The van der Waals surface area contributed by atoms with Gasteiger partial charge in [-0.2, -0.15) is 0 Å². The summed E-state index contributed by atoms with van der Waals surface area (Å²) in [7, 11) is 0. The van der Waals surface area contributed by atoms with Crippen molar-refractivity contribution in [2.75, 3.05) is 6.61 Å². The summed E-state index contributed by atoms with van der Waals surface area (Å²) in [6.07, 6.45) is 5.15. The van der Waals surface area contributed by atoms with E-state index < -0.39 is 0 Å². The molecule has 1 amide bonds. The summed E-state index contributed by atoms with van der Waals surface area (Å²) in [6.45, 7) is 0.200. The largest absolute Gasteiger partial charge is 0.396 e. The minimum Gasteiger partial charge on any atom is -0.396 e. The van der Waals surface area contributed by atoms with Crippen LogP contribution in [0.5, 0.6) is 0 Å². The van der Waals surface area contributed by atoms with Crippen molar-refractivity contribution in [3.63, 3.8) is 0 Å². The molecule has 3 nitrogen and oxygen atoms in total. The molecule has 0 radical (unpaired) electrons. The first-order valence-electron chi connectivity index (χ1n) is 4.19. The van der Waals surface area contributed by atoms with Gasteiger partial charge in [0.15, 0.2) is 0 Å². The second-order valence-electron chi connectivity index (χ2n) is 3.12. The van der Waals surface area contributed by atoms with Crippen molar-refractivity contribution in [1.29, 1.82) is 0 Å². The zero-order valence-electron chi connectivity index (χ0n) is 6.62. The Kier molecular flexibility index (Phi) is 3.36. The van der Waals surface area contributed by atoms with Crippen molar-refractivity contribution in [2.24, 2.45) is 5.92 Å². The fourth-order valence-electron chi connectivity index (χ4n) is 1.73. The van der Waals surface area contributed by atoms with E-state index in [-0.39, 0.29) is 18.6 Å². The summed E-state index contributed by atoms with van der Waals surface area (Å²) in [5.74, 6) is 0.286. The third-order valence-electron chi connectivity index (χ3n) is 2.43. The zero-order chi connectivity index (χ0) is 8.10. The predicted molar refractivity (Wildman–Crippen MR) is 42.0 cm³/mol. The van der Waals surface area contributed by atoms with Gasteiger partial charge in [0.2, 0.25) is 6.41 Å². The highest BCUT2D eigenvalue weighted by atomic mass is 16.3. The third kappa shape index (κ3) is 2.19. The molecule has 1 rings (SSSR count). The van der Waals surface area contributed by atoms with Gasteiger partial charge in [-0.1, -0.05) is 12.8 Å². The smallest absolute Gasteiger partial charge is 0.207 e. The van der Waals surface area contributed by atoms with E-state index in [1.165, 1.54) is 12.8 Å². The Balaban J connectivity index is 2.37. The number of aliphatic hydroxyl groups excluding tert-OH is 1. The second kappa shape index (κ2) is 4.34. The lowest BCUT2D eigenvalue weighted by Crippen LogP contribution is -2.39. The number of carbonyl (C=O) groups excluding carboxylic acids is 1. The van der Waals surface area contributed by atoms with Gasteiger partial charge in [0.05, 0.1) is 0 Å².